The highest BCUT2D eigenvalue weighted by molar-refractivity contribution is 8.26. The first kappa shape index (κ1) is 23.1. The summed E-state index contributed by atoms with van der Waals surface area (Å²) in [5, 5.41) is 2.92. The lowest BCUT2D eigenvalue weighted by atomic mass is 9.89. The Morgan fingerprint density at radius 1 is 1.28 bits per heavy atom. The Morgan fingerprint density at radius 2 is 2.06 bits per heavy atom. The number of hydrogen-bond donors (Lipinski definition) is 1. The lowest BCUT2D eigenvalue weighted by molar-refractivity contribution is -0.124. The average Bonchev–Trinajstić information content (AvgIpc) is 3.33. The van der Waals surface area contributed by atoms with Crippen molar-refractivity contribution in [1.82, 2.24) is 15.1 Å². The van der Waals surface area contributed by atoms with E-state index in [1.54, 1.807) is 11.0 Å². The Bertz CT molecular complexity index is 915. The zero-order valence-electron chi connectivity index (χ0n) is 18.3. The Morgan fingerprint density at radius 3 is 2.88 bits per heavy atom. The molecular weight excluding hydrogens is 446 g/mol. The van der Waals surface area contributed by atoms with E-state index in [1.807, 2.05) is 25.2 Å². The van der Waals surface area contributed by atoms with Gasteiger partial charge in [-0.25, -0.2) is 0 Å². The molecule has 0 spiro atoms. The Balaban J connectivity index is 1.23. The summed E-state index contributed by atoms with van der Waals surface area (Å²) in [4.78, 5) is 29.3. The molecule has 172 valence electrons. The van der Waals surface area contributed by atoms with Crippen molar-refractivity contribution >= 4 is 46.2 Å². The molecule has 2 heterocycles. The fourth-order valence-corrected chi connectivity index (χ4v) is 5.64. The summed E-state index contributed by atoms with van der Waals surface area (Å²) < 4.78 is 11.2. The van der Waals surface area contributed by atoms with Gasteiger partial charge in [0.15, 0.2) is 11.5 Å². The van der Waals surface area contributed by atoms with E-state index >= 15 is 0 Å². The number of hydrogen-bond acceptors (Lipinski definition) is 7. The van der Waals surface area contributed by atoms with Crippen molar-refractivity contribution in [2.75, 3.05) is 40.0 Å². The first-order valence-electron chi connectivity index (χ1n) is 11.1. The molecule has 1 aromatic rings. The van der Waals surface area contributed by atoms with Crippen molar-refractivity contribution in [3.05, 3.63) is 28.7 Å². The summed E-state index contributed by atoms with van der Waals surface area (Å²) in [6.07, 6.45) is 8.28. The summed E-state index contributed by atoms with van der Waals surface area (Å²) in [5.74, 6) is 1.92. The minimum Gasteiger partial charge on any atom is -0.454 e. The van der Waals surface area contributed by atoms with Gasteiger partial charge in [0.2, 0.25) is 12.7 Å². The number of ether oxygens (including phenoxy) is 2. The minimum absolute atomic E-state index is 0.0235. The van der Waals surface area contributed by atoms with Crippen molar-refractivity contribution < 1.29 is 19.1 Å². The molecule has 1 saturated heterocycles. The highest BCUT2D eigenvalue weighted by atomic mass is 32.2. The monoisotopic (exact) mass is 475 g/mol. The van der Waals surface area contributed by atoms with E-state index in [4.69, 9.17) is 21.7 Å². The highest BCUT2D eigenvalue weighted by Gasteiger charge is 2.31. The van der Waals surface area contributed by atoms with E-state index in [2.05, 4.69) is 10.2 Å². The molecule has 4 rings (SSSR count). The highest BCUT2D eigenvalue weighted by Crippen LogP contribution is 2.36. The van der Waals surface area contributed by atoms with Crippen LogP contribution < -0.4 is 14.8 Å². The molecule has 0 aromatic heterocycles. The van der Waals surface area contributed by atoms with E-state index in [-0.39, 0.29) is 18.6 Å². The van der Waals surface area contributed by atoms with Crippen LogP contribution >= 0.6 is 24.0 Å². The first-order valence-corrected chi connectivity index (χ1v) is 12.3. The molecule has 2 fully saturated rings. The summed E-state index contributed by atoms with van der Waals surface area (Å²) in [6.45, 7) is 2.29. The molecule has 1 aromatic carbocycles. The van der Waals surface area contributed by atoms with Crippen LogP contribution in [0.5, 0.6) is 11.5 Å². The maximum absolute atomic E-state index is 12.8. The number of likely N-dealkylation sites (N-methyl/N-ethyl adjacent to an activating group) is 1. The number of carbonyl (C=O) groups is 2. The Hall–Kier alpha value is -2.10. The van der Waals surface area contributed by atoms with Gasteiger partial charge in [-0.3, -0.25) is 19.4 Å². The summed E-state index contributed by atoms with van der Waals surface area (Å²) in [5.41, 5.74) is 0.851. The molecule has 32 heavy (non-hydrogen) atoms. The van der Waals surface area contributed by atoms with Gasteiger partial charge in [0.25, 0.3) is 5.91 Å². The van der Waals surface area contributed by atoms with Gasteiger partial charge in [0.05, 0.1) is 11.4 Å². The molecule has 1 aliphatic carbocycles. The van der Waals surface area contributed by atoms with Crippen LogP contribution in [0.2, 0.25) is 0 Å². The second-order valence-electron chi connectivity index (χ2n) is 8.50. The van der Waals surface area contributed by atoms with Crippen LogP contribution in [0.15, 0.2) is 23.1 Å². The third-order valence-electron chi connectivity index (χ3n) is 5.93. The van der Waals surface area contributed by atoms with Crippen molar-refractivity contribution in [3.63, 3.8) is 0 Å². The number of rotatable bonds is 8. The van der Waals surface area contributed by atoms with Gasteiger partial charge in [-0.2, -0.15) is 0 Å². The third-order valence-corrected chi connectivity index (χ3v) is 7.31. The molecule has 1 saturated carbocycles. The molecule has 0 radical (unpaired) electrons. The van der Waals surface area contributed by atoms with Gasteiger partial charge in [0.1, 0.15) is 4.32 Å². The molecule has 3 aliphatic rings. The van der Waals surface area contributed by atoms with Crippen molar-refractivity contribution in [2.24, 2.45) is 5.92 Å². The fourth-order valence-electron chi connectivity index (χ4n) is 4.33. The summed E-state index contributed by atoms with van der Waals surface area (Å²) in [7, 11) is 2.00. The van der Waals surface area contributed by atoms with Crippen molar-refractivity contribution in [2.45, 2.75) is 32.1 Å². The zero-order valence-corrected chi connectivity index (χ0v) is 19.9. The van der Waals surface area contributed by atoms with E-state index in [9.17, 15) is 9.59 Å². The van der Waals surface area contributed by atoms with Gasteiger partial charge < -0.3 is 14.8 Å². The molecule has 0 atom stereocenters. The molecule has 7 nitrogen and oxygen atoms in total. The van der Waals surface area contributed by atoms with E-state index in [0.29, 0.717) is 46.3 Å². The lowest BCUT2D eigenvalue weighted by Gasteiger charge is -2.26. The van der Waals surface area contributed by atoms with Crippen LogP contribution in [0.3, 0.4) is 0 Å². The van der Waals surface area contributed by atoms with Gasteiger partial charge in [0, 0.05) is 19.6 Å². The molecule has 2 aliphatic heterocycles. The van der Waals surface area contributed by atoms with Crippen LogP contribution in [0.4, 0.5) is 0 Å². The Labute approximate surface area is 198 Å². The second-order valence-corrected chi connectivity index (χ2v) is 10.2. The van der Waals surface area contributed by atoms with Gasteiger partial charge in [-0.15, -0.1) is 0 Å². The number of nitrogens with one attached hydrogen (secondary N) is 1. The number of nitrogens with zero attached hydrogens (tertiary/aromatic N) is 2. The van der Waals surface area contributed by atoms with Crippen molar-refractivity contribution in [1.29, 1.82) is 0 Å². The zero-order chi connectivity index (χ0) is 22.5. The quantitative estimate of drug-likeness (QED) is 0.457. The topological polar surface area (TPSA) is 71.1 Å². The minimum atomic E-state index is -0.138. The number of amides is 2. The lowest BCUT2D eigenvalue weighted by Crippen LogP contribution is -2.41. The smallest absolute Gasteiger partial charge is 0.266 e. The predicted molar refractivity (Wildman–Crippen MR) is 130 cm³/mol. The predicted octanol–water partition coefficient (Wildman–Crippen LogP) is 3.24. The molecule has 2 amide bonds. The molecule has 0 bridgehead atoms. The van der Waals surface area contributed by atoms with Crippen LogP contribution in [0, 0.1) is 5.92 Å². The molecular formula is C23H29N3O4S2. The molecule has 9 heteroatoms. The van der Waals surface area contributed by atoms with Crippen LogP contribution in [0.25, 0.3) is 6.08 Å². The summed E-state index contributed by atoms with van der Waals surface area (Å²) >= 11 is 6.67. The molecule has 0 unspecified atom stereocenters. The van der Waals surface area contributed by atoms with Crippen LogP contribution in [-0.4, -0.2) is 66.0 Å². The standard InChI is InChI=1S/C23H29N3O4S2/c1-25(13-16-5-3-2-4-6-16)14-21(27)24-9-10-26-22(28)20(32-23(26)31)12-17-7-8-18-19(11-17)30-15-29-18/h7-8,11-12,16H,2-6,9-10,13-15H2,1H3,(H,24,27)/b20-12-. The normalized spacial score (nSPS) is 19.9. The fraction of sp³-hybridized carbons (Fsp3) is 0.522. The number of carbonyl (C=O) groups excluding carboxylic acids is 2. The van der Waals surface area contributed by atoms with E-state index in [1.165, 1.54) is 43.9 Å². The number of benzene rings is 1. The van der Waals surface area contributed by atoms with E-state index < -0.39 is 0 Å². The SMILES string of the molecule is CN(CC(=O)NCCN1C(=O)/C(=C/c2ccc3c(c2)OCO3)SC1=S)CC1CCCCC1. The average molecular weight is 476 g/mol. The van der Waals surface area contributed by atoms with Crippen LogP contribution in [-0.2, 0) is 9.59 Å². The van der Waals surface area contributed by atoms with Crippen molar-refractivity contribution in [3.8, 4) is 11.5 Å². The van der Waals surface area contributed by atoms with Gasteiger partial charge in [-0.1, -0.05) is 49.3 Å². The van der Waals surface area contributed by atoms with Gasteiger partial charge in [-0.05, 0) is 49.6 Å². The number of thioether (sulfide) groups is 1. The maximum Gasteiger partial charge on any atom is 0.266 e. The number of thiocarbonyl (C=S) groups is 1. The van der Waals surface area contributed by atoms with E-state index in [0.717, 1.165) is 12.1 Å². The second kappa shape index (κ2) is 10.7. The first-order chi connectivity index (χ1) is 15.5. The maximum atomic E-state index is 12.8. The Kier molecular flexibility index (Phi) is 7.70. The third kappa shape index (κ3) is 5.82. The van der Waals surface area contributed by atoms with Gasteiger partial charge >= 0.3 is 0 Å². The summed E-state index contributed by atoms with van der Waals surface area (Å²) in [6, 6.07) is 5.55. The largest absolute Gasteiger partial charge is 0.454 e. The van der Waals surface area contributed by atoms with Crippen LogP contribution in [0.1, 0.15) is 37.7 Å². The number of fused-ring (bicyclic) bond motifs is 1. The molecule has 1 N–H and O–H groups in total.